The average molecular weight is 271 g/mol. The number of aromatic carboxylic acids is 1. The zero-order chi connectivity index (χ0) is 13.2. The minimum atomic E-state index is -1.09. The lowest BCUT2D eigenvalue weighted by atomic mass is 9.99. The Morgan fingerprint density at radius 3 is 2.72 bits per heavy atom. The summed E-state index contributed by atoms with van der Waals surface area (Å²) in [5.74, 6) is -0.650. The van der Waals surface area contributed by atoms with Crippen LogP contribution < -0.4 is 5.32 Å². The highest BCUT2D eigenvalue weighted by Crippen LogP contribution is 2.32. The molecule has 0 aromatic carbocycles. The number of halogens is 1. The molecule has 0 unspecified atom stereocenters. The molecule has 1 aromatic rings. The zero-order valence-corrected chi connectivity index (χ0v) is 10.6. The summed E-state index contributed by atoms with van der Waals surface area (Å²) in [5, 5.41) is 21.7. The van der Waals surface area contributed by atoms with Crippen molar-refractivity contribution < 1.29 is 15.0 Å². The second kappa shape index (κ2) is 5.12. The van der Waals surface area contributed by atoms with E-state index >= 15 is 0 Å². The molecule has 0 amide bonds. The number of pyridine rings is 1. The van der Waals surface area contributed by atoms with Crippen LogP contribution in [0, 0.1) is 0 Å². The Bertz CT molecular complexity index is 459. The third kappa shape index (κ3) is 2.57. The van der Waals surface area contributed by atoms with Crippen molar-refractivity contribution in [3.8, 4) is 0 Å². The molecule has 2 rings (SSSR count). The fourth-order valence-electron chi connectivity index (χ4n) is 2.32. The highest BCUT2D eigenvalue weighted by Gasteiger charge is 2.33. The number of hydrogen-bond donors (Lipinski definition) is 3. The molecule has 6 heteroatoms. The zero-order valence-electron chi connectivity index (χ0n) is 9.82. The number of carbonyl (C=O) groups is 1. The fraction of sp³-hybridized carbons (Fsp3) is 0.500. The molecule has 0 spiro atoms. The quantitative estimate of drug-likeness (QED) is 0.781. The minimum Gasteiger partial charge on any atom is -0.478 e. The van der Waals surface area contributed by atoms with Crippen molar-refractivity contribution in [1.82, 2.24) is 4.98 Å². The van der Waals surface area contributed by atoms with Gasteiger partial charge in [0.05, 0.1) is 22.7 Å². The van der Waals surface area contributed by atoms with Gasteiger partial charge in [-0.3, -0.25) is 0 Å². The Morgan fingerprint density at radius 1 is 1.50 bits per heavy atom. The van der Waals surface area contributed by atoms with E-state index in [0.717, 1.165) is 25.7 Å². The van der Waals surface area contributed by atoms with Crippen LogP contribution in [0.4, 0.5) is 5.82 Å². The highest BCUT2D eigenvalue weighted by molar-refractivity contribution is 6.33. The maximum atomic E-state index is 11.0. The number of hydrogen-bond acceptors (Lipinski definition) is 4. The van der Waals surface area contributed by atoms with Crippen LogP contribution in [0.25, 0.3) is 0 Å². The first-order chi connectivity index (χ1) is 8.56. The number of aliphatic hydroxyl groups is 1. The molecular weight excluding hydrogens is 256 g/mol. The van der Waals surface area contributed by atoms with Crippen LogP contribution in [0.3, 0.4) is 0 Å². The maximum absolute atomic E-state index is 11.0. The van der Waals surface area contributed by atoms with Crippen molar-refractivity contribution in [3.05, 3.63) is 22.8 Å². The molecule has 0 atom stereocenters. The Kier molecular flexibility index (Phi) is 3.73. The Hall–Kier alpha value is -1.33. The maximum Gasteiger partial charge on any atom is 0.337 e. The number of nitrogens with one attached hydrogen (secondary N) is 1. The summed E-state index contributed by atoms with van der Waals surface area (Å²) in [6.07, 6.45) is 5.12. The number of carboxylic acids is 1. The predicted molar refractivity (Wildman–Crippen MR) is 68.1 cm³/mol. The summed E-state index contributed by atoms with van der Waals surface area (Å²) >= 11 is 5.76. The lowest BCUT2D eigenvalue weighted by molar-refractivity contribution is 0.0697. The third-order valence-electron chi connectivity index (χ3n) is 3.34. The van der Waals surface area contributed by atoms with E-state index in [9.17, 15) is 9.90 Å². The van der Waals surface area contributed by atoms with Gasteiger partial charge < -0.3 is 15.5 Å². The van der Waals surface area contributed by atoms with Crippen LogP contribution >= 0.6 is 11.6 Å². The number of aliphatic hydroxyl groups excluding tert-OH is 1. The lowest BCUT2D eigenvalue weighted by Gasteiger charge is -2.28. The summed E-state index contributed by atoms with van der Waals surface area (Å²) in [7, 11) is 0. The molecule has 98 valence electrons. The Balaban J connectivity index is 2.24. The van der Waals surface area contributed by atoms with Gasteiger partial charge in [0.25, 0.3) is 0 Å². The Morgan fingerprint density at radius 2 is 2.17 bits per heavy atom. The molecule has 0 saturated heterocycles. The molecule has 1 aromatic heterocycles. The lowest BCUT2D eigenvalue weighted by Crippen LogP contribution is -2.39. The van der Waals surface area contributed by atoms with E-state index in [0.29, 0.717) is 5.82 Å². The number of aromatic nitrogens is 1. The van der Waals surface area contributed by atoms with Crippen molar-refractivity contribution in [2.75, 3.05) is 11.9 Å². The smallest absolute Gasteiger partial charge is 0.337 e. The number of carboxylic acid groups (broad SMARTS) is 1. The minimum absolute atomic E-state index is 0.0136. The molecule has 0 aliphatic heterocycles. The summed E-state index contributed by atoms with van der Waals surface area (Å²) < 4.78 is 0. The van der Waals surface area contributed by atoms with E-state index < -0.39 is 5.97 Å². The topological polar surface area (TPSA) is 82.5 Å². The summed E-state index contributed by atoms with van der Waals surface area (Å²) in [6, 6.07) is 1.40. The van der Waals surface area contributed by atoms with Gasteiger partial charge in [-0.05, 0) is 18.9 Å². The van der Waals surface area contributed by atoms with Gasteiger partial charge in [0.1, 0.15) is 5.82 Å². The highest BCUT2D eigenvalue weighted by atomic mass is 35.5. The van der Waals surface area contributed by atoms with Crippen LogP contribution in [0.2, 0.25) is 5.02 Å². The molecule has 0 bridgehead atoms. The number of nitrogens with zero attached hydrogens (tertiary/aromatic N) is 1. The van der Waals surface area contributed by atoms with Gasteiger partial charge in [-0.25, -0.2) is 9.78 Å². The van der Waals surface area contributed by atoms with Gasteiger partial charge >= 0.3 is 5.97 Å². The predicted octanol–water partition coefficient (Wildman–Crippen LogP) is 2.15. The molecule has 1 aliphatic carbocycles. The molecule has 1 heterocycles. The standard InChI is InChI=1S/C12H15ClN2O3/c13-9-6-14-10(5-8(9)11(17)18)15-12(7-16)3-1-2-4-12/h5-6,16H,1-4,7H2,(H,14,15)(H,17,18). The van der Waals surface area contributed by atoms with Crippen LogP contribution in [0.5, 0.6) is 0 Å². The van der Waals surface area contributed by atoms with Crippen molar-refractivity contribution >= 4 is 23.4 Å². The molecule has 0 radical (unpaired) electrons. The second-order valence-electron chi connectivity index (χ2n) is 4.63. The van der Waals surface area contributed by atoms with Gasteiger partial charge in [-0.1, -0.05) is 24.4 Å². The molecule has 1 aliphatic rings. The van der Waals surface area contributed by atoms with Crippen LogP contribution in [-0.2, 0) is 0 Å². The first kappa shape index (κ1) is 13.1. The van der Waals surface area contributed by atoms with Gasteiger partial charge in [0.15, 0.2) is 0 Å². The van der Waals surface area contributed by atoms with Gasteiger partial charge in [-0.15, -0.1) is 0 Å². The molecule has 5 nitrogen and oxygen atoms in total. The van der Waals surface area contributed by atoms with E-state index in [-0.39, 0.29) is 22.7 Å². The summed E-state index contributed by atoms with van der Waals surface area (Å²) in [5.41, 5.74) is -0.364. The summed E-state index contributed by atoms with van der Waals surface area (Å²) in [6.45, 7) is 0.0136. The van der Waals surface area contributed by atoms with Crippen LogP contribution in [0.1, 0.15) is 36.0 Å². The molecule has 18 heavy (non-hydrogen) atoms. The van der Waals surface area contributed by atoms with E-state index in [1.165, 1.54) is 12.3 Å². The van der Waals surface area contributed by atoms with Crippen molar-refractivity contribution in [2.45, 2.75) is 31.2 Å². The van der Waals surface area contributed by atoms with Crippen molar-refractivity contribution in [3.63, 3.8) is 0 Å². The fourth-order valence-corrected chi connectivity index (χ4v) is 2.50. The van der Waals surface area contributed by atoms with Crippen molar-refractivity contribution in [1.29, 1.82) is 0 Å². The second-order valence-corrected chi connectivity index (χ2v) is 5.03. The number of anilines is 1. The van der Waals surface area contributed by atoms with Gasteiger partial charge in [0, 0.05) is 6.20 Å². The molecule has 3 N–H and O–H groups in total. The van der Waals surface area contributed by atoms with E-state index in [1.54, 1.807) is 0 Å². The molecule has 1 fully saturated rings. The SMILES string of the molecule is O=C(O)c1cc(NC2(CO)CCCC2)ncc1Cl. The van der Waals surface area contributed by atoms with Crippen LogP contribution in [0.15, 0.2) is 12.3 Å². The monoisotopic (exact) mass is 270 g/mol. The summed E-state index contributed by atoms with van der Waals surface area (Å²) in [4.78, 5) is 15.0. The first-order valence-electron chi connectivity index (χ1n) is 5.84. The van der Waals surface area contributed by atoms with E-state index in [1.807, 2.05) is 0 Å². The largest absolute Gasteiger partial charge is 0.478 e. The molecular formula is C12H15ClN2O3. The average Bonchev–Trinajstić information content (AvgIpc) is 2.80. The first-order valence-corrected chi connectivity index (χ1v) is 6.22. The van der Waals surface area contributed by atoms with E-state index in [2.05, 4.69) is 10.3 Å². The third-order valence-corrected chi connectivity index (χ3v) is 3.64. The van der Waals surface area contributed by atoms with Crippen molar-refractivity contribution in [2.24, 2.45) is 0 Å². The molecule has 1 saturated carbocycles. The number of rotatable bonds is 4. The van der Waals surface area contributed by atoms with Gasteiger partial charge in [0.2, 0.25) is 0 Å². The van der Waals surface area contributed by atoms with Gasteiger partial charge in [-0.2, -0.15) is 0 Å². The van der Waals surface area contributed by atoms with Crippen LogP contribution in [-0.4, -0.2) is 33.3 Å². The normalized spacial score (nSPS) is 17.7. The van der Waals surface area contributed by atoms with E-state index in [4.69, 9.17) is 16.7 Å². The Labute approximate surface area is 110 Å².